The van der Waals surface area contributed by atoms with Crippen LogP contribution in [-0.2, 0) is 4.79 Å². The van der Waals surface area contributed by atoms with Crippen molar-refractivity contribution >= 4 is 23.3 Å². The standard InChI is InChI=1S/C12H15ClN2O2/c13-9-1-3-11(4-2-9)15-6-8(12(16)17)5-10(14)7-15/h1-4,8,10H,5-7,14H2,(H,16,17). The lowest BCUT2D eigenvalue weighted by Gasteiger charge is -2.36. The fourth-order valence-electron chi connectivity index (χ4n) is 2.18. The van der Waals surface area contributed by atoms with Crippen molar-refractivity contribution in [3.05, 3.63) is 29.3 Å². The first-order valence-corrected chi connectivity index (χ1v) is 5.93. The molecule has 4 nitrogen and oxygen atoms in total. The summed E-state index contributed by atoms with van der Waals surface area (Å²) >= 11 is 5.82. The maximum absolute atomic E-state index is 11.0. The van der Waals surface area contributed by atoms with Gasteiger partial charge in [0.1, 0.15) is 0 Å². The maximum Gasteiger partial charge on any atom is 0.308 e. The van der Waals surface area contributed by atoms with Crippen LogP contribution in [0.15, 0.2) is 24.3 Å². The molecule has 0 radical (unpaired) electrons. The van der Waals surface area contributed by atoms with Gasteiger partial charge in [-0.1, -0.05) is 11.6 Å². The number of carboxylic acid groups (broad SMARTS) is 1. The van der Waals surface area contributed by atoms with Crippen LogP contribution in [0, 0.1) is 5.92 Å². The topological polar surface area (TPSA) is 66.6 Å². The minimum absolute atomic E-state index is 0.0967. The summed E-state index contributed by atoms with van der Waals surface area (Å²) in [5.41, 5.74) is 6.86. The van der Waals surface area contributed by atoms with Gasteiger partial charge in [-0.2, -0.15) is 0 Å². The summed E-state index contributed by atoms with van der Waals surface area (Å²) in [6, 6.07) is 7.28. The summed E-state index contributed by atoms with van der Waals surface area (Å²) in [5.74, 6) is -1.17. The van der Waals surface area contributed by atoms with Crippen LogP contribution in [0.3, 0.4) is 0 Å². The van der Waals surface area contributed by atoms with Gasteiger partial charge in [-0.3, -0.25) is 4.79 Å². The molecule has 1 aromatic rings. The van der Waals surface area contributed by atoms with Crippen molar-refractivity contribution in [1.82, 2.24) is 0 Å². The van der Waals surface area contributed by atoms with Gasteiger partial charge in [0.15, 0.2) is 0 Å². The molecule has 2 rings (SSSR count). The van der Waals surface area contributed by atoms with E-state index in [0.717, 1.165) is 5.69 Å². The molecule has 2 unspecified atom stereocenters. The number of nitrogens with zero attached hydrogens (tertiary/aromatic N) is 1. The predicted octanol–water partition coefficient (Wildman–Crippen LogP) is 1.58. The highest BCUT2D eigenvalue weighted by Crippen LogP contribution is 2.24. The van der Waals surface area contributed by atoms with E-state index in [9.17, 15) is 4.79 Å². The van der Waals surface area contributed by atoms with E-state index in [4.69, 9.17) is 22.4 Å². The molecular formula is C12H15ClN2O2. The van der Waals surface area contributed by atoms with Crippen LogP contribution >= 0.6 is 11.6 Å². The minimum atomic E-state index is -0.779. The van der Waals surface area contributed by atoms with Gasteiger partial charge in [0, 0.05) is 29.8 Å². The Labute approximate surface area is 105 Å². The first-order chi connectivity index (χ1) is 8.06. The monoisotopic (exact) mass is 254 g/mol. The van der Waals surface area contributed by atoms with Gasteiger partial charge in [-0.25, -0.2) is 0 Å². The maximum atomic E-state index is 11.0. The van der Waals surface area contributed by atoms with Gasteiger partial charge in [0.25, 0.3) is 0 Å². The molecule has 2 atom stereocenters. The smallest absolute Gasteiger partial charge is 0.308 e. The normalized spacial score (nSPS) is 24.7. The summed E-state index contributed by atoms with van der Waals surface area (Å²) in [4.78, 5) is 13.0. The SMILES string of the molecule is NC1CC(C(=O)O)CN(c2ccc(Cl)cc2)C1. The Morgan fingerprint density at radius 1 is 1.35 bits per heavy atom. The van der Waals surface area contributed by atoms with Crippen LogP contribution < -0.4 is 10.6 Å². The van der Waals surface area contributed by atoms with Crippen molar-refractivity contribution in [2.45, 2.75) is 12.5 Å². The molecule has 3 N–H and O–H groups in total. The highest BCUT2D eigenvalue weighted by atomic mass is 35.5. The Morgan fingerprint density at radius 3 is 2.59 bits per heavy atom. The molecule has 0 spiro atoms. The number of hydrogen-bond acceptors (Lipinski definition) is 3. The molecule has 1 aromatic carbocycles. The number of hydrogen-bond donors (Lipinski definition) is 2. The van der Waals surface area contributed by atoms with Crippen LogP contribution in [0.1, 0.15) is 6.42 Å². The molecule has 0 amide bonds. The third kappa shape index (κ3) is 2.90. The fourth-order valence-corrected chi connectivity index (χ4v) is 2.31. The Kier molecular flexibility index (Phi) is 3.54. The summed E-state index contributed by atoms with van der Waals surface area (Å²) < 4.78 is 0. The van der Waals surface area contributed by atoms with Crippen molar-refractivity contribution in [3.8, 4) is 0 Å². The molecule has 0 aromatic heterocycles. The lowest BCUT2D eigenvalue weighted by Crippen LogP contribution is -2.49. The second-order valence-electron chi connectivity index (χ2n) is 4.41. The number of carboxylic acids is 1. The van der Waals surface area contributed by atoms with Crippen molar-refractivity contribution in [3.63, 3.8) is 0 Å². The van der Waals surface area contributed by atoms with Crippen molar-refractivity contribution in [2.24, 2.45) is 11.7 Å². The van der Waals surface area contributed by atoms with E-state index < -0.39 is 11.9 Å². The zero-order chi connectivity index (χ0) is 12.4. The quantitative estimate of drug-likeness (QED) is 0.841. The lowest BCUT2D eigenvalue weighted by molar-refractivity contribution is -0.142. The fraction of sp³-hybridized carbons (Fsp3) is 0.417. The van der Waals surface area contributed by atoms with Crippen LogP contribution in [0.25, 0.3) is 0 Å². The Morgan fingerprint density at radius 2 is 2.00 bits per heavy atom. The Bertz CT molecular complexity index is 407. The number of anilines is 1. The van der Waals surface area contributed by atoms with Gasteiger partial charge in [0.05, 0.1) is 5.92 Å². The van der Waals surface area contributed by atoms with Gasteiger partial charge < -0.3 is 15.7 Å². The van der Waals surface area contributed by atoms with Crippen LogP contribution in [-0.4, -0.2) is 30.2 Å². The van der Waals surface area contributed by atoms with E-state index in [-0.39, 0.29) is 6.04 Å². The molecule has 92 valence electrons. The summed E-state index contributed by atoms with van der Waals surface area (Å²) in [7, 11) is 0. The molecule has 0 saturated carbocycles. The van der Waals surface area contributed by atoms with Crippen molar-refractivity contribution < 1.29 is 9.90 Å². The second kappa shape index (κ2) is 4.94. The number of rotatable bonds is 2. The highest BCUT2D eigenvalue weighted by Gasteiger charge is 2.29. The molecule has 17 heavy (non-hydrogen) atoms. The first kappa shape index (κ1) is 12.2. The molecular weight excluding hydrogens is 240 g/mol. The molecule has 0 aliphatic carbocycles. The van der Waals surface area contributed by atoms with E-state index in [1.54, 1.807) is 12.1 Å². The number of benzene rings is 1. The average molecular weight is 255 g/mol. The van der Waals surface area contributed by atoms with E-state index in [1.807, 2.05) is 17.0 Å². The minimum Gasteiger partial charge on any atom is -0.481 e. The third-order valence-electron chi connectivity index (χ3n) is 3.02. The molecule has 1 aliphatic heterocycles. The molecule has 0 bridgehead atoms. The van der Waals surface area contributed by atoms with Gasteiger partial charge in [-0.15, -0.1) is 0 Å². The summed E-state index contributed by atoms with van der Waals surface area (Å²) in [6.07, 6.45) is 0.541. The zero-order valence-corrected chi connectivity index (χ0v) is 10.1. The highest BCUT2D eigenvalue weighted by molar-refractivity contribution is 6.30. The van der Waals surface area contributed by atoms with Gasteiger partial charge in [-0.05, 0) is 30.7 Å². The lowest BCUT2D eigenvalue weighted by atomic mass is 9.94. The van der Waals surface area contributed by atoms with Crippen molar-refractivity contribution in [1.29, 1.82) is 0 Å². The van der Waals surface area contributed by atoms with Gasteiger partial charge in [0.2, 0.25) is 0 Å². The summed E-state index contributed by atoms with van der Waals surface area (Å²) in [5, 5.41) is 9.73. The molecule has 1 saturated heterocycles. The zero-order valence-electron chi connectivity index (χ0n) is 9.34. The average Bonchev–Trinajstić information content (AvgIpc) is 2.29. The van der Waals surface area contributed by atoms with E-state index in [0.29, 0.717) is 24.5 Å². The number of aliphatic carboxylic acids is 1. The number of nitrogens with two attached hydrogens (primary N) is 1. The number of carbonyl (C=O) groups is 1. The third-order valence-corrected chi connectivity index (χ3v) is 3.28. The Balaban J connectivity index is 2.15. The molecule has 1 aliphatic rings. The Hall–Kier alpha value is -1.26. The molecule has 5 heteroatoms. The van der Waals surface area contributed by atoms with Crippen molar-refractivity contribution in [2.75, 3.05) is 18.0 Å². The first-order valence-electron chi connectivity index (χ1n) is 5.55. The number of halogens is 1. The number of piperidine rings is 1. The largest absolute Gasteiger partial charge is 0.481 e. The predicted molar refractivity (Wildman–Crippen MR) is 67.4 cm³/mol. The van der Waals surface area contributed by atoms with E-state index >= 15 is 0 Å². The van der Waals surface area contributed by atoms with E-state index in [1.165, 1.54) is 0 Å². The van der Waals surface area contributed by atoms with E-state index in [2.05, 4.69) is 0 Å². The molecule has 1 fully saturated rings. The molecule has 1 heterocycles. The van der Waals surface area contributed by atoms with Gasteiger partial charge >= 0.3 is 5.97 Å². The van der Waals surface area contributed by atoms with Crippen LogP contribution in [0.2, 0.25) is 5.02 Å². The summed E-state index contributed by atoms with van der Waals surface area (Å²) in [6.45, 7) is 1.19. The van der Waals surface area contributed by atoms with Crippen LogP contribution in [0.4, 0.5) is 5.69 Å². The van der Waals surface area contributed by atoms with Crippen LogP contribution in [0.5, 0.6) is 0 Å². The second-order valence-corrected chi connectivity index (χ2v) is 4.85.